The smallest absolute Gasteiger partial charge is 0.211 e. The van der Waals surface area contributed by atoms with E-state index in [1.165, 1.54) is 21.8 Å². The molecule has 6 heteroatoms. The van der Waals surface area contributed by atoms with Crippen molar-refractivity contribution >= 4 is 55.4 Å². The zero-order chi connectivity index (χ0) is 29.0. The molecule has 6 nitrogen and oxygen atoms in total. The molecular formula is C38H26N6. The molecule has 208 valence electrons. The Balaban J connectivity index is 1.27. The van der Waals surface area contributed by atoms with E-state index in [1.807, 2.05) is 36.5 Å². The van der Waals surface area contributed by atoms with Crippen LogP contribution in [0, 0.1) is 0 Å². The van der Waals surface area contributed by atoms with Crippen molar-refractivity contribution in [1.82, 2.24) is 19.4 Å². The molecule has 4 heterocycles. The lowest BCUT2D eigenvalue weighted by Crippen LogP contribution is -2.37. The van der Waals surface area contributed by atoms with Gasteiger partial charge in [0.05, 0.1) is 22.1 Å². The number of aliphatic imine (C=N–C) groups is 2. The zero-order valence-corrected chi connectivity index (χ0v) is 23.7. The van der Waals surface area contributed by atoms with Crippen LogP contribution in [0.3, 0.4) is 0 Å². The van der Waals surface area contributed by atoms with Crippen molar-refractivity contribution in [3.05, 3.63) is 157 Å². The Bertz CT molecular complexity index is 2360. The van der Waals surface area contributed by atoms with Gasteiger partial charge in [0, 0.05) is 50.8 Å². The van der Waals surface area contributed by atoms with Crippen LogP contribution in [0.5, 0.6) is 0 Å². The lowest BCUT2D eigenvalue weighted by atomic mass is 10.1. The maximum Gasteiger partial charge on any atom is 0.211 e. The third-order valence-corrected chi connectivity index (χ3v) is 8.47. The van der Waals surface area contributed by atoms with Crippen molar-refractivity contribution < 1.29 is 0 Å². The Morgan fingerprint density at radius 3 is 1.84 bits per heavy atom. The molecule has 8 aromatic rings. The van der Waals surface area contributed by atoms with Crippen LogP contribution in [0.4, 0.5) is 0 Å². The number of nitrogens with zero attached hydrogens (tertiary/aromatic N) is 5. The van der Waals surface area contributed by atoms with Crippen molar-refractivity contribution in [2.24, 2.45) is 9.98 Å². The molecule has 44 heavy (non-hydrogen) atoms. The molecule has 0 radical (unpaired) electrons. The summed E-state index contributed by atoms with van der Waals surface area (Å²) in [5.41, 5.74) is 7.60. The summed E-state index contributed by atoms with van der Waals surface area (Å²) in [5.74, 6) is 1.41. The summed E-state index contributed by atoms with van der Waals surface area (Å²) in [6.07, 6.45) is 3.31. The first-order valence-corrected chi connectivity index (χ1v) is 14.7. The third-order valence-electron chi connectivity index (χ3n) is 8.47. The molecular weight excluding hydrogens is 540 g/mol. The molecule has 3 aromatic heterocycles. The summed E-state index contributed by atoms with van der Waals surface area (Å²) in [5, 5.41) is 8.45. The molecule has 0 aliphatic carbocycles. The molecule has 1 atom stereocenters. The summed E-state index contributed by atoms with van der Waals surface area (Å²) in [6, 6.07) is 46.7. The maximum atomic E-state index is 5.12. The fraction of sp³-hybridized carbons (Fsp3) is 0.0263. The van der Waals surface area contributed by atoms with Gasteiger partial charge in [0.25, 0.3) is 0 Å². The molecule has 5 aromatic carbocycles. The highest BCUT2D eigenvalue weighted by Gasteiger charge is 2.24. The van der Waals surface area contributed by atoms with Crippen molar-refractivity contribution in [2.75, 3.05) is 0 Å². The van der Waals surface area contributed by atoms with Gasteiger partial charge in [0.2, 0.25) is 5.96 Å². The van der Waals surface area contributed by atoms with Crippen molar-refractivity contribution in [1.29, 1.82) is 0 Å². The second kappa shape index (κ2) is 9.78. The van der Waals surface area contributed by atoms with E-state index < -0.39 is 0 Å². The van der Waals surface area contributed by atoms with E-state index in [4.69, 9.17) is 9.98 Å². The van der Waals surface area contributed by atoms with Gasteiger partial charge in [-0.25, -0.2) is 4.99 Å². The Hall–Kier alpha value is -6.01. The number of aromatic nitrogens is 3. The summed E-state index contributed by atoms with van der Waals surface area (Å²) >= 11 is 0. The van der Waals surface area contributed by atoms with Gasteiger partial charge in [0.1, 0.15) is 0 Å². The van der Waals surface area contributed by atoms with Gasteiger partial charge in [-0.05, 0) is 42.5 Å². The highest BCUT2D eigenvalue weighted by molar-refractivity contribution is 6.17. The highest BCUT2D eigenvalue weighted by Crippen LogP contribution is 2.36. The van der Waals surface area contributed by atoms with Gasteiger partial charge in [0.15, 0.2) is 12.0 Å². The Labute approximate surface area is 253 Å². The Morgan fingerprint density at radius 2 is 1.16 bits per heavy atom. The van der Waals surface area contributed by atoms with Gasteiger partial charge in [-0.15, -0.1) is 0 Å². The van der Waals surface area contributed by atoms with Gasteiger partial charge < -0.3 is 9.88 Å². The number of rotatable bonds is 3. The lowest BCUT2D eigenvalue weighted by Gasteiger charge is -2.24. The fourth-order valence-electron chi connectivity index (χ4n) is 6.50. The monoisotopic (exact) mass is 566 g/mol. The lowest BCUT2D eigenvalue weighted by molar-refractivity contribution is 0.658. The van der Waals surface area contributed by atoms with Gasteiger partial charge in [-0.1, -0.05) is 91.0 Å². The van der Waals surface area contributed by atoms with Crippen LogP contribution in [-0.4, -0.2) is 25.9 Å². The van der Waals surface area contributed by atoms with Crippen LogP contribution in [0.2, 0.25) is 0 Å². The number of hydrogen-bond acceptors (Lipinski definition) is 4. The van der Waals surface area contributed by atoms with Gasteiger partial charge in [-0.2, -0.15) is 4.99 Å². The van der Waals surface area contributed by atoms with E-state index in [0.717, 1.165) is 44.6 Å². The molecule has 1 aliphatic rings. The SMILES string of the molecule is c1ccc(C2=NC(c3cccnc3)NC(n3c4ccccc4c4cc(-n5c6ccccc6c6ccccc65)ccc43)=N2)cc1. The normalized spacial score (nSPS) is 15.0. The van der Waals surface area contributed by atoms with Crippen LogP contribution >= 0.6 is 0 Å². The second-order valence-corrected chi connectivity index (χ2v) is 11.0. The molecule has 1 N–H and O–H groups in total. The van der Waals surface area contributed by atoms with E-state index in [1.54, 1.807) is 6.20 Å². The number of hydrogen-bond donors (Lipinski definition) is 1. The third kappa shape index (κ3) is 3.78. The topological polar surface area (TPSA) is 59.5 Å². The predicted molar refractivity (Wildman–Crippen MR) is 180 cm³/mol. The minimum atomic E-state index is -0.334. The summed E-state index contributed by atoms with van der Waals surface area (Å²) in [7, 11) is 0. The number of fused-ring (bicyclic) bond motifs is 6. The van der Waals surface area contributed by atoms with Crippen molar-refractivity contribution in [3.63, 3.8) is 0 Å². The largest absolute Gasteiger partial charge is 0.330 e. The van der Waals surface area contributed by atoms with Crippen molar-refractivity contribution in [3.8, 4) is 5.69 Å². The van der Waals surface area contributed by atoms with Gasteiger partial charge in [-0.3, -0.25) is 9.55 Å². The Kier molecular flexibility index (Phi) is 5.46. The zero-order valence-electron chi connectivity index (χ0n) is 23.7. The number of nitrogens with one attached hydrogen (secondary N) is 1. The molecule has 0 saturated carbocycles. The average Bonchev–Trinajstić information content (AvgIpc) is 3.61. The molecule has 1 aliphatic heterocycles. The molecule has 0 amide bonds. The molecule has 1 unspecified atom stereocenters. The van der Waals surface area contributed by atoms with E-state index >= 15 is 0 Å². The standard InChI is InChI=1S/C38H26N6/c1-2-11-25(12-3-1)36-40-37(26-13-10-22-39-24-26)42-38(41-36)44-34-19-9-6-16-30(34)31-23-27(20-21-35(31)44)43-32-17-7-4-14-28(32)29-15-5-8-18-33(29)43/h1-24,37H,(H,40,41,42). The van der Waals surface area contributed by atoms with Crippen LogP contribution < -0.4 is 5.32 Å². The summed E-state index contributed by atoms with van der Waals surface area (Å²) in [6.45, 7) is 0. The Morgan fingerprint density at radius 1 is 0.545 bits per heavy atom. The van der Waals surface area contributed by atoms with E-state index in [0.29, 0.717) is 5.84 Å². The molecule has 9 rings (SSSR count). The first-order chi connectivity index (χ1) is 21.8. The first kappa shape index (κ1) is 24.6. The quantitative estimate of drug-likeness (QED) is 0.234. The minimum Gasteiger partial charge on any atom is -0.330 e. The molecule has 0 bridgehead atoms. The van der Waals surface area contributed by atoms with E-state index in [-0.39, 0.29) is 6.17 Å². The summed E-state index contributed by atoms with van der Waals surface area (Å²) < 4.78 is 4.59. The van der Waals surface area contributed by atoms with Crippen LogP contribution in [0.1, 0.15) is 17.3 Å². The second-order valence-electron chi connectivity index (χ2n) is 11.0. The fourth-order valence-corrected chi connectivity index (χ4v) is 6.50. The first-order valence-electron chi connectivity index (χ1n) is 14.7. The van der Waals surface area contributed by atoms with Crippen molar-refractivity contribution in [2.45, 2.75) is 6.17 Å². The average molecular weight is 567 g/mol. The predicted octanol–water partition coefficient (Wildman–Crippen LogP) is 8.24. The number of amidine groups is 1. The van der Waals surface area contributed by atoms with Crippen LogP contribution in [0.15, 0.2) is 156 Å². The number of pyridine rings is 1. The molecule has 0 spiro atoms. The van der Waals surface area contributed by atoms with Gasteiger partial charge >= 0.3 is 0 Å². The van der Waals surface area contributed by atoms with E-state index in [2.05, 4.69) is 123 Å². The number of para-hydroxylation sites is 3. The number of benzene rings is 5. The maximum absolute atomic E-state index is 5.12. The van der Waals surface area contributed by atoms with Crippen LogP contribution in [0.25, 0.3) is 49.3 Å². The van der Waals surface area contributed by atoms with E-state index in [9.17, 15) is 0 Å². The summed E-state index contributed by atoms with van der Waals surface area (Å²) in [4.78, 5) is 14.5. The minimum absolute atomic E-state index is 0.334. The highest BCUT2D eigenvalue weighted by atomic mass is 15.3. The van der Waals surface area contributed by atoms with Crippen LogP contribution in [-0.2, 0) is 0 Å². The molecule has 0 saturated heterocycles. The molecule has 0 fully saturated rings.